The van der Waals surface area contributed by atoms with Gasteiger partial charge in [-0.25, -0.2) is 4.79 Å². The van der Waals surface area contributed by atoms with Gasteiger partial charge in [0.25, 0.3) is 0 Å². The number of rotatable bonds is 18. The smallest absolute Gasteiger partial charge is 0.326 e. The van der Waals surface area contributed by atoms with Gasteiger partial charge in [-0.1, -0.05) is 26.0 Å². The first-order valence-corrected chi connectivity index (χ1v) is 13.2. The number of carbonyl (C=O) groups excluding carboxylic acids is 4. The SMILES string of the molecule is CC(C)CC(NC(=O)C(N)CCCN=C(N)N)C(=O)NC(Cc1ccc(O)cc1)C(=O)NC(CCC(N)=O)C(=O)O. The Morgan fingerprint density at radius 1 is 0.854 bits per heavy atom. The number of carbonyl (C=O) groups is 5. The molecule has 0 aromatic heterocycles. The molecule has 1 aromatic carbocycles. The highest BCUT2D eigenvalue weighted by atomic mass is 16.4. The zero-order chi connectivity index (χ0) is 31.1. The van der Waals surface area contributed by atoms with Crippen LogP contribution in [0.15, 0.2) is 29.3 Å². The molecule has 0 saturated carbocycles. The largest absolute Gasteiger partial charge is 0.508 e. The minimum absolute atomic E-state index is 0.00877. The fourth-order valence-electron chi connectivity index (χ4n) is 3.80. The molecule has 0 fully saturated rings. The molecule has 0 radical (unpaired) electrons. The molecular weight excluding hydrogens is 536 g/mol. The molecule has 15 heteroatoms. The van der Waals surface area contributed by atoms with Gasteiger partial charge in [-0.3, -0.25) is 24.2 Å². The Morgan fingerprint density at radius 3 is 1.95 bits per heavy atom. The van der Waals surface area contributed by atoms with Gasteiger partial charge in [-0.15, -0.1) is 0 Å². The number of carboxylic acids is 1. The van der Waals surface area contributed by atoms with Gasteiger partial charge < -0.3 is 49.1 Å². The third-order valence-electron chi connectivity index (χ3n) is 5.95. The van der Waals surface area contributed by atoms with E-state index in [1.54, 1.807) is 0 Å². The van der Waals surface area contributed by atoms with Crippen LogP contribution in [0.25, 0.3) is 0 Å². The van der Waals surface area contributed by atoms with Gasteiger partial charge in [0.05, 0.1) is 6.04 Å². The molecule has 0 aliphatic heterocycles. The number of aliphatic imine (C=N–C) groups is 1. The number of phenols is 1. The summed E-state index contributed by atoms with van der Waals surface area (Å²) in [6, 6.07) is 1.19. The lowest BCUT2D eigenvalue weighted by Crippen LogP contribution is -2.57. The predicted octanol–water partition coefficient (Wildman–Crippen LogP) is -1.83. The molecule has 228 valence electrons. The summed E-state index contributed by atoms with van der Waals surface area (Å²) < 4.78 is 0. The van der Waals surface area contributed by atoms with E-state index in [9.17, 15) is 34.2 Å². The molecule has 15 nitrogen and oxygen atoms in total. The number of benzene rings is 1. The van der Waals surface area contributed by atoms with Crippen LogP contribution in [0.3, 0.4) is 0 Å². The number of primary amides is 1. The molecule has 0 saturated heterocycles. The van der Waals surface area contributed by atoms with E-state index >= 15 is 0 Å². The number of aliphatic carboxylic acids is 1. The van der Waals surface area contributed by atoms with Crippen LogP contribution in [0, 0.1) is 5.92 Å². The van der Waals surface area contributed by atoms with Gasteiger partial charge in [0.15, 0.2) is 5.96 Å². The first-order valence-electron chi connectivity index (χ1n) is 13.2. The van der Waals surface area contributed by atoms with Crippen molar-refractivity contribution in [2.75, 3.05) is 6.54 Å². The number of carboxylic acid groups (broad SMARTS) is 1. The number of hydrogen-bond acceptors (Lipinski definition) is 8. The zero-order valence-corrected chi connectivity index (χ0v) is 23.3. The number of hydrogen-bond donors (Lipinski definition) is 9. The average molecular weight is 579 g/mol. The van der Waals surface area contributed by atoms with Crippen molar-refractivity contribution < 1.29 is 34.2 Å². The maximum atomic E-state index is 13.4. The number of phenolic OH excluding ortho intramolecular Hbond substituents is 1. The number of guanidine groups is 1. The summed E-state index contributed by atoms with van der Waals surface area (Å²) in [6.07, 6.45) is 0.328. The Hall–Kier alpha value is -4.40. The van der Waals surface area contributed by atoms with Gasteiger partial charge in [0.2, 0.25) is 23.6 Å². The third kappa shape index (κ3) is 14.0. The molecule has 0 bridgehead atoms. The summed E-state index contributed by atoms with van der Waals surface area (Å²) >= 11 is 0. The third-order valence-corrected chi connectivity index (χ3v) is 5.95. The van der Waals surface area contributed by atoms with E-state index in [2.05, 4.69) is 20.9 Å². The van der Waals surface area contributed by atoms with Crippen LogP contribution in [0.4, 0.5) is 0 Å². The number of aromatic hydroxyl groups is 1. The fourth-order valence-corrected chi connectivity index (χ4v) is 3.80. The lowest BCUT2D eigenvalue weighted by Gasteiger charge is -2.26. The Morgan fingerprint density at radius 2 is 1.41 bits per heavy atom. The van der Waals surface area contributed by atoms with Crippen molar-refractivity contribution in [3.05, 3.63) is 29.8 Å². The van der Waals surface area contributed by atoms with Crippen molar-refractivity contribution in [2.45, 2.75) is 76.5 Å². The molecule has 4 atom stereocenters. The number of nitrogens with two attached hydrogens (primary N) is 4. The molecule has 13 N–H and O–H groups in total. The number of nitrogens with one attached hydrogen (secondary N) is 3. The molecule has 4 unspecified atom stereocenters. The van der Waals surface area contributed by atoms with Gasteiger partial charge in [-0.05, 0) is 49.3 Å². The monoisotopic (exact) mass is 578 g/mol. The first kappa shape index (κ1) is 34.6. The Balaban J connectivity index is 3.09. The van der Waals surface area contributed by atoms with Crippen molar-refractivity contribution in [3.63, 3.8) is 0 Å². The van der Waals surface area contributed by atoms with Crippen LogP contribution in [0.2, 0.25) is 0 Å². The molecule has 0 aliphatic rings. The molecule has 4 amide bonds. The Kier molecular flexibility index (Phi) is 14.6. The zero-order valence-electron chi connectivity index (χ0n) is 23.3. The molecular formula is C26H42N8O7. The minimum atomic E-state index is -1.43. The van der Waals surface area contributed by atoms with E-state index in [-0.39, 0.29) is 56.3 Å². The van der Waals surface area contributed by atoms with Crippen LogP contribution in [-0.4, -0.2) is 76.5 Å². The van der Waals surface area contributed by atoms with Crippen molar-refractivity contribution >= 4 is 35.6 Å². The lowest BCUT2D eigenvalue weighted by atomic mass is 10.00. The molecule has 0 aliphatic carbocycles. The number of nitrogens with zero attached hydrogens (tertiary/aromatic N) is 1. The molecule has 0 heterocycles. The Bertz CT molecular complexity index is 1070. The molecule has 1 rings (SSSR count). The normalized spacial score (nSPS) is 13.8. The van der Waals surface area contributed by atoms with Crippen molar-refractivity contribution in [1.29, 1.82) is 0 Å². The van der Waals surface area contributed by atoms with Crippen LogP contribution < -0.4 is 38.9 Å². The Labute approximate surface area is 238 Å². The second-order valence-corrected chi connectivity index (χ2v) is 10.1. The van der Waals surface area contributed by atoms with Gasteiger partial charge in [0, 0.05) is 19.4 Å². The van der Waals surface area contributed by atoms with E-state index in [0.717, 1.165) is 0 Å². The minimum Gasteiger partial charge on any atom is -0.508 e. The average Bonchev–Trinajstić information content (AvgIpc) is 2.88. The second-order valence-electron chi connectivity index (χ2n) is 10.1. The van der Waals surface area contributed by atoms with Crippen LogP contribution in [-0.2, 0) is 30.4 Å². The summed E-state index contributed by atoms with van der Waals surface area (Å²) in [5.41, 5.74) is 22.2. The lowest BCUT2D eigenvalue weighted by molar-refractivity contribution is -0.142. The van der Waals surface area contributed by atoms with E-state index < -0.39 is 53.8 Å². The first-order chi connectivity index (χ1) is 19.2. The summed E-state index contributed by atoms with van der Waals surface area (Å²) in [4.78, 5) is 65.9. The topological polar surface area (TPSA) is 278 Å². The van der Waals surface area contributed by atoms with Gasteiger partial charge in [-0.2, -0.15) is 0 Å². The second kappa shape index (κ2) is 17.3. The summed E-state index contributed by atoms with van der Waals surface area (Å²) in [5.74, 6) is -4.31. The van der Waals surface area contributed by atoms with Crippen LogP contribution in [0.1, 0.15) is 51.5 Å². The predicted molar refractivity (Wildman–Crippen MR) is 151 cm³/mol. The molecule has 1 aromatic rings. The van der Waals surface area contributed by atoms with Crippen molar-refractivity contribution in [3.8, 4) is 5.75 Å². The fraction of sp³-hybridized carbons (Fsp3) is 0.538. The van der Waals surface area contributed by atoms with Crippen molar-refractivity contribution in [1.82, 2.24) is 16.0 Å². The standard InChI is InChI=1S/C26H42N8O7/c1-14(2)12-19(33-22(37)17(27)4-3-11-31-26(29)30)23(38)34-20(13-15-5-7-16(35)8-6-15)24(39)32-18(25(40)41)9-10-21(28)36/h5-8,14,17-20,35H,3-4,9-13,27H2,1-2H3,(H2,28,36)(H,32,39)(H,33,37)(H,34,38)(H,40,41)(H4,29,30,31). The van der Waals surface area contributed by atoms with E-state index in [1.807, 2.05) is 13.8 Å². The van der Waals surface area contributed by atoms with Crippen LogP contribution >= 0.6 is 0 Å². The van der Waals surface area contributed by atoms with Crippen molar-refractivity contribution in [2.24, 2.45) is 33.8 Å². The maximum absolute atomic E-state index is 13.4. The van der Waals surface area contributed by atoms with Crippen LogP contribution in [0.5, 0.6) is 5.75 Å². The number of amides is 4. The quantitative estimate of drug-likeness (QED) is 0.0533. The van der Waals surface area contributed by atoms with E-state index in [1.165, 1.54) is 24.3 Å². The molecule has 41 heavy (non-hydrogen) atoms. The summed E-state index contributed by atoms with van der Waals surface area (Å²) in [7, 11) is 0. The highest BCUT2D eigenvalue weighted by Gasteiger charge is 2.31. The highest BCUT2D eigenvalue weighted by molar-refractivity contribution is 5.94. The van der Waals surface area contributed by atoms with E-state index in [4.69, 9.17) is 22.9 Å². The maximum Gasteiger partial charge on any atom is 0.326 e. The van der Waals surface area contributed by atoms with Gasteiger partial charge in [0.1, 0.15) is 23.9 Å². The van der Waals surface area contributed by atoms with E-state index in [0.29, 0.717) is 12.0 Å². The highest BCUT2D eigenvalue weighted by Crippen LogP contribution is 2.13. The summed E-state index contributed by atoms with van der Waals surface area (Å²) in [5, 5.41) is 26.7. The summed E-state index contributed by atoms with van der Waals surface area (Å²) in [6.45, 7) is 3.97. The van der Waals surface area contributed by atoms with Gasteiger partial charge >= 0.3 is 5.97 Å². The molecule has 0 spiro atoms.